The first-order valence-electron chi connectivity index (χ1n) is 12.0. The third-order valence-corrected chi connectivity index (χ3v) is 6.04. The molecule has 0 saturated heterocycles. The average molecular weight is 517 g/mol. The molecule has 0 atom stereocenters. The number of nitrogens with zero attached hydrogens (tertiary/aromatic N) is 3. The van der Waals surface area contributed by atoms with E-state index in [1.54, 1.807) is 26.6 Å². The molecular formula is C28H28N4O6. The van der Waals surface area contributed by atoms with Gasteiger partial charge in [0.05, 0.1) is 20.8 Å². The maximum Gasteiger partial charge on any atom is 0.273 e. The van der Waals surface area contributed by atoms with Crippen molar-refractivity contribution in [1.29, 1.82) is 0 Å². The monoisotopic (exact) mass is 516 g/mol. The number of hydrogen-bond acceptors (Lipinski definition) is 9. The largest absolute Gasteiger partial charge is 0.493 e. The van der Waals surface area contributed by atoms with Gasteiger partial charge in [-0.25, -0.2) is 4.98 Å². The fraction of sp³-hybridized carbons (Fsp3) is 0.250. The zero-order chi connectivity index (χ0) is 26.3. The lowest BCUT2D eigenvalue weighted by Gasteiger charge is -2.23. The van der Waals surface area contributed by atoms with Gasteiger partial charge in [-0.3, -0.25) is 14.7 Å². The molecule has 1 N–H and O–H groups in total. The zero-order valence-electron chi connectivity index (χ0n) is 21.2. The maximum atomic E-state index is 12.6. The second-order valence-corrected chi connectivity index (χ2v) is 8.66. The molecule has 4 aromatic rings. The first-order valence-corrected chi connectivity index (χ1v) is 12.0. The molecule has 5 rings (SSSR count). The minimum atomic E-state index is -0.319. The number of fused-ring (bicyclic) bond motifs is 1. The van der Waals surface area contributed by atoms with Crippen molar-refractivity contribution in [2.75, 3.05) is 21.0 Å². The Kier molecular flexibility index (Phi) is 7.70. The lowest BCUT2D eigenvalue weighted by Crippen LogP contribution is -2.24. The van der Waals surface area contributed by atoms with Crippen molar-refractivity contribution < 1.29 is 28.2 Å². The first kappa shape index (κ1) is 25.1. The van der Waals surface area contributed by atoms with Crippen molar-refractivity contribution in [2.45, 2.75) is 26.2 Å². The van der Waals surface area contributed by atoms with Crippen molar-refractivity contribution in [3.8, 4) is 23.0 Å². The minimum Gasteiger partial charge on any atom is -0.493 e. The van der Waals surface area contributed by atoms with Crippen molar-refractivity contribution in [2.24, 2.45) is 0 Å². The van der Waals surface area contributed by atoms with Crippen LogP contribution in [-0.4, -0.2) is 41.8 Å². The smallest absolute Gasteiger partial charge is 0.273 e. The maximum absolute atomic E-state index is 12.6. The van der Waals surface area contributed by atoms with Gasteiger partial charge in [0.2, 0.25) is 12.7 Å². The molecule has 0 unspecified atom stereocenters. The van der Waals surface area contributed by atoms with E-state index in [1.807, 2.05) is 48.5 Å². The summed E-state index contributed by atoms with van der Waals surface area (Å²) in [7, 11) is 3.23. The van der Waals surface area contributed by atoms with Crippen LogP contribution in [0.25, 0.3) is 0 Å². The lowest BCUT2D eigenvalue weighted by molar-refractivity contribution is 0.0945. The Morgan fingerprint density at radius 1 is 1.00 bits per heavy atom. The third kappa shape index (κ3) is 5.87. The van der Waals surface area contributed by atoms with Crippen LogP contribution in [0.4, 0.5) is 0 Å². The number of aromatic nitrogens is 2. The number of hydrogen-bond donors (Lipinski definition) is 1. The van der Waals surface area contributed by atoms with Gasteiger partial charge in [-0.15, -0.1) is 0 Å². The molecule has 1 amide bonds. The number of nitrogens with one attached hydrogen (secondary N) is 1. The number of para-hydroxylation sites is 1. The summed E-state index contributed by atoms with van der Waals surface area (Å²) in [6.07, 6.45) is 4.76. The number of benzene rings is 2. The third-order valence-electron chi connectivity index (χ3n) is 6.04. The van der Waals surface area contributed by atoms with Crippen LogP contribution in [0.1, 0.15) is 33.1 Å². The van der Waals surface area contributed by atoms with Gasteiger partial charge in [0, 0.05) is 37.6 Å². The number of ether oxygens (including phenoxy) is 4. The number of carbonyl (C=O) groups excluding carboxylic acids is 1. The second kappa shape index (κ2) is 11.7. The number of methoxy groups -OCH3 is 2. The molecule has 2 aromatic carbocycles. The molecular weight excluding hydrogens is 488 g/mol. The van der Waals surface area contributed by atoms with Gasteiger partial charge < -0.3 is 28.7 Å². The number of carbonyl (C=O) groups is 1. The quantitative estimate of drug-likeness (QED) is 0.317. The minimum absolute atomic E-state index is 0.214. The van der Waals surface area contributed by atoms with E-state index in [2.05, 4.69) is 20.2 Å². The predicted molar refractivity (Wildman–Crippen MR) is 137 cm³/mol. The van der Waals surface area contributed by atoms with Gasteiger partial charge in [0.15, 0.2) is 28.7 Å². The van der Waals surface area contributed by atoms with E-state index >= 15 is 0 Å². The molecule has 1 aliphatic rings. The van der Waals surface area contributed by atoms with Gasteiger partial charge in [-0.05, 0) is 35.4 Å². The number of amides is 1. The van der Waals surface area contributed by atoms with E-state index in [-0.39, 0.29) is 18.4 Å². The number of rotatable bonds is 11. The molecule has 0 bridgehead atoms. The van der Waals surface area contributed by atoms with E-state index in [0.717, 1.165) is 22.4 Å². The number of oxazole rings is 1. The Morgan fingerprint density at radius 3 is 2.71 bits per heavy atom. The Morgan fingerprint density at radius 2 is 1.89 bits per heavy atom. The van der Waals surface area contributed by atoms with Crippen LogP contribution in [0.15, 0.2) is 71.6 Å². The molecule has 10 heteroatoms. The van der Waals surface area contributed by atoms with Crippen molar-refractivity contribution in [1.82, 2.24) is 20.2 Å². The molecule has 196 valence electrons. The summed E-state index contributed by atoms with van der Waals surface area (Å²) >= 11 is 0. The SMILES string of the molecule is COc1cccc(CN(Cc2ccc3c(c2)OCO3)Cc2nc(C(=O)NCc3cccnc3)co2)c1OC. The fourth-order valence-corrected chi connectivity index (χ4v) is 4.24. The number of pyridine rings is 1. The summed E-state index contributed by atoms with van der Waals surface area (Å²) in [5.74, 6) is 2.85. The summed E-state index contributed by atoms with van der Waals surface area (Å²) in [6, 6.07) is 15.3. The summed E-state index contributed by atoms with van der Waals surface area (Å²) in [5, 5.41) is 2.84. The lowest BCUT2D eigenvalue weighted by atomic mass is 10.1. The summed E-state index contributed by atoms with van der Waals surface area (Å²) < 4.78 is 27.8. The highest BCUT2D eigenvalue weighted by atomic mass is 16.7. The van der Waals surface area contributed by atoms with Crippen LogP contribution in [0.2, 0.25) is 0 Å². The summed E-state index contributed by atoms with van der Waals surface area (Å²) in [6.45, 7) is 1.98. The van der Waals surface area contributed by atoms with Gasteiger partial charge in [0.25, 0.3) is 5.91 Å². The molecule has 0 radical (unpaired) electrons. The van der Waals surface area contributed by atoms with E-state index in [9.17, 15) is 4.79 Å². The molecule has 0 saturated carbocycles. The molecule has 10 nitrogen and oxygen atoms in total. The van der Waals surface area contributed by atoms with Gasteiger partial charge in [0.1, 0.15) is 6.26 Å². The topological polar surface area (TPSA) is 108 Å². The molecule has 0 fully saturated rings. The van der Waals surface area contributed by atoms with Crippen LogP contribution in [0.5, 0.6) is 23.0 Å². The van der Waals surface area contributed by atoms with Gasteiger partial charge in [-0.2, -0.15) is 0 Å². The fourth-order valence-electron chi connectivity index (χ4n) is 4.24. The highest BCUT2D eigenvalue weighted by Crippen LogP contribution is 2.34. The Balaban J connectivity index is 1.33. The van der Waals surface area contributed by atoms with E-state index in [0.29, 0.717) is 49.3 Å². The zero-order valence-corrected chi connectivity index (χ0v) is 21.2. The normalized spacial score (nSPS) is 12.0. The molecule has 3 heterocycles. The Labute approximate surface area is 220 Å². The van der Waals surface area contributed by atoms with E-state index in [4.69, 9.17) is 23.4 Å². The standard InChI is InChI=1S/C28H28N4O6/c1-34-24-7-3-6-21(27(24)35-2)15-32(14-19-8-9-23-25(11-19)38-18-37-23)16-26-31-22(17-36-26)28(33)30-13-20-5-4-10-29-12-20/h3-12,17H,13-16,18H2,1-2H3,(H,30,33). The van der Waals surface area contributed by atoms with Crippen LogP contribution < -0.4 is 24.3 Å². The predicted octanol–water partition coefficient (Wildman–Crippen LogP) is 3.95. The van der Waals surface area contributed by atoms with Crippen LogP contribution in [0, 0.1) is 0 Å². The van der Waals surface area contributed by atoms with Gasteiger partial charge >= 0.3 is 0 Å². The Bertz CT molecular complexity index is 1390. The van der Waals surface area contributed by atoms with Gasteiger partial charge in [-0.1, -0.05) is 24.3 Å². The van der Waals surface area contributed by atoms with Crippen molar-refractivity contribution in [3.63, 3.8) is 0 Å². The molecule has 0 spiro atoms. The molecule has 38 heavy (non-hydrogen) atoms. The van der Waals surface area contributed by atoms with E-state index < -0.39 is 0 Å². The van der Waals surface area contributed by atoms with Crippen LogP contribution in [-0.2, 0) is 26.2 Å². The molecule has 0 aliphatic carbocycles. The van der Waals surface area contributed by atoms with Crippen molar-refractivity contribution in [3.05, 3.63) is 95.5 Å². The second-order valence-electron chi connectivity index (χ2n) is 8.66. The van der Waals surface area contributed by atoms with E-state index in [1.165, 1.54) is 6.26 Å². The highest BCUT2D eigenvalue weighted by molar-refractivity contribution is 5.91. The van der Waals surface area contributed by atoms with Crippen LogP contribution >= 0.6 is 0 Å². The van der Waals surface area contributed by atoms with Crippen LogP contribution in [0.3, 0.4) is 0 Å². The highest BCUT2D eigenvalue weighted by Gasteiger charge is 2.20. The average Bonchev–Trinajstić information content (AvgIpc) is 3.61. The summed E-state index contributed by atoms with van der Waals surface area (Å²) in [5.41, 5.74) is 3.07. The Hall–Kier alpha value is -4.57. The first-order chi connectivity index (χ1) is 18.6. The summed E-state index contributed by atoms with van der Waals surface area (Å²) in [4.78, 5) is 23.3. The van der Waals surface area contributed by atoms with Crippen molar-refractivity contribution >= 4 is 5.91 Å². The molecule has 1 aliphatic heterocycles. The molecule has 2 aromatic heterocycles.